The highest BCUT2D eigenvalue weighted by molar-refractivity contribution is 5.81. The van der Waals surface area contributed by atoms with Gasteiger partial charge in [0.05, 0.1) is 23.4 Å². The fourth-order valence-corrected chi connectivity index (χ4v) is 3.96. The molecule has 2 aliphatic rings. The van der Waals surface area contributed by atoms with Gasteiger partial charge in [-0.2, -0.15) is 10.1 Å². The lowest BCUT2D eigenvalue weighted by molar-refractivity contribution is -0.112. The number of carbonyl (C=O) groups is 1. The van der Waals surface area contributed by atoms with Gasteiger partial charge in [0.1, 0.15) is 11.9 Å². The smallest absolute Gasteiger partial charge is 0.246 e. The molecule has 2 aliphatic carbocycles. The highest BCUT2D eigenvalue weighted by Gasteiger charge is 2.41. The van der Waals surface area contributed by atoms with Crippen LogP contribution >= 0.6 is 0 Å². The van der Waals surface area contributed by atoms with Gasteiger partial charge < -0.3 is 14.8 Å². The predicted molar refractivity (Wildman–Crippen MR) is 113 cm³/mol. The van der Waals surface area contributed by atoms with Gasteiger partial charge in [0.25, 0.3) is 0 Å². The first-order chi connectivity index (χ1) is 14.5. The number of aryl methyl sites for hydroxylation is 1. The van der Waals surface area contributed by atoms with Crippen LogP contribution in [0.4, 0.5) is 11.6 Å². The summed E-state index contributed by atoms with van der Waals surface area (Å²) in [6.45, 7) is 4.04. The summed E-state index contributed by atoms with van der Waals surface area (Å²) in [5.74, 6) is 1.19. The maximum absolute atomic E-state index is 11.0. The molecule has 5 rings (SSSR count). The van der Waals surface area contributed by atoms with Crippen LogP contribution < -0.4 is 10.1 Å². The zero-order valence-electron chi connectivity index (χ0n) is 17.3. The van der Waals surface area contributed by atoms with Crippen LogP contribution in [0.3, 0.4) is 0 Å². The van der Waals surface area contributed by atoms with Crippen molar-refractivity contribution in [2.75, 3.05) is 5.32 Å². The first-order valence-corrected chi connectivity index (χ1v) is 10.6. The van der Waals surface area contributed by atoms with Gasteiger partial charge in [-0.3, -0.25) is 4.68 Å². The molecule has 0 saturated heterocycles. The van der Waals surface area contributed by atoms with E-state index in [4.69, 9.17) is 4.74 Å². The van der Waals surface area contributed by atoms with Crippen molar-refractivity contribution in [1.82, 2.24) is 24.7 Å². The second-order valence-corrected chi connectivity index (χ2v) is 8.76. The van der Waals surface area contributed by atoms with E-state index in [0.717, 1.165) is 61.7 Å². The van der Waals surface area contributed by atoms with Crippen LogP contribution in [0.15, 0.2) is 24.5 Å². The molecule has 8 heteroatoms. The van der Waals surface area contributed by atoms with Crippen molar-refractivity contribution in [1.29, 1.82) is 0 Å². The Balaban J connectivity index is 1.38. The minimum absolute atomic E-state index is 0.158. The first-order valence-electron chi connectivity index (χ1n) is 10.6. The summed E-state index contributed by atoms with van der Waals surface area (Å²) in [5.41, 5.74) is 3.02. The molecule has 0 aliphatic heterocycles. The average molecular weight is 406 g/mol. The molecule has 8 nitrogen and oxygen atoms in total. The Labute approximate surface area is 175 Å². The molecule has 156 valence electrons. The number of aldehydes is 1. The monoisotopic (exact) mass is 406 g/mol. The van der Waals surface area contributed by atoms with Crippen LogP contribution in [0.2, 0.25) is 0 Å². The summed E-state index contributed by atoms with van der Waals surface area (Å²) in [6.07, 6.45) is 10.7. The molecule has 2 saturated carbocycles. The van der Waals surface area contributed by atoms with Gasteiger partial charge in [0, 0.05) is 17.8 Å². The van der Waals surface area contributed by atoms with E-state index in [1.165, 1.54) is 0 Å². The van der Waals surface area contributed by atoms with E-state index in [0.29, 0.717) is 23.4 Å². The van der Waals surface area contributed by atoms with Gasteiger partial charge in [-0.1, -0.05) is 0 Å². The molecule has 0 unspecified atom stereocenters. The summed E-state index contributed by atoms with van der Waals surface area (Å²) >= 11 is 0. The maximum atomic E-state index is 11.0. The van der Waals surface area contributed by atoms with E-state index in [-0.39, 0.29) is 11.5 Å². The topological polar surface area (TPSA) is 94.8 Å². The zero-order valence-corrected chi connectivity index (χ0v) is 17.3. The van der Waals surface area contributed by atoms with Crippen molar-refractivity contribution < 1.29 is 9.53 Å². The second-order valence-electron chi connectivity index (χ2n) is 8.76. The van der Waals surface area contributed by atoms with Crippen LogP contribution in [0.5, 0.6) is 5.88 Å². The van der Waals surface area contributed by atoms with Gasteiger partial charge >= 0.3 is 0 Å². The van der Waals surface area contributed by atoms with E-state index < -0.39 is 0 Å². The standard InChI is InChI=1S/C22H26N6O2/c1-14-3-8-18-19(24-14)20(30-22(2)9-10-22)27-21(26-18)25-16-11-23-28(12-16)17-6-4-15(13-29)5-7-17/h3,8,11-13,15,17H,4-7,9-10H2,1-2H3,(H,25,26,27). The Morgan fingerprint density at radius 2 is 1.97 bits per heavy atom. The van der Waals surface area contributed by atoms with Gasteiger partial charge in [-0.15, -0.1) is 0 Å². The Hall–Kier alpha value is -3.03. The molecule has 0 aromatic carbocycles. The van der Waals surface area contributed by atoms with Gasteiger partial charge in [-0.05, 0) is 64.5 Å². The number of pyridine rings is 1. The number of carbonyl (C=O) groups excluding carboxylic acids is 1. The third-order valence-electron chi connectivity index (χ3n) is 6.11. The van der Waals surface area contributed by atoms with Gasteiger partial charge in [-0.25, -0.2) is 9.97 Å². The summed E-state index contributed by atoms with van der Waals surface area (Å²) < 4.78 is 8.16. The molecule has 0 spiro atoms. The summed E-state index contributed by atoms with van der Waals surface area (Å²) in [4.78, 5) is 24.8. The van der Waals surface area contributed by atoms with Crippen molar-refractivity contribution in [3.63, 3.8) is 0 Å². The number of rotatable bonds is 6. The fraction of sp³-hybridized carbons (Fsp3) is 0.500. The number of fused-ring (bicyclic) bond motifs is 1. The van der Waals surface area contributed by atoms with Crippen molar-refractivity contribution in [2.45, 2.75) is 64.0 Å². The molecule has 0 amide bonds. The predicted octanol–water partition coefficient (Wildman–Crippen LogP) is 4.13. The van der Waals surface area contributed by atoms with E-state index in [9.17, 15) is 4.79 Å². The molecule has 1 N–H and O–H groups in total. The zero-order chi connectivity index (χ0) is 20.7. The Kier molecular flexibility index (Phi) is 4.64. The second kappa shape index (κ2) is 7.34. The van der Waals surface area contributed by atoms with Crippen LogP contribution in [-0.4, -0.2) is 36.6 Å². The summed E-state index contributed by atoms with van der Waals surface area (Å²) in [6, 6.07) is 4.21. The first kappa shape index (κ1) is 19.0. The highest BCUT2D eigenvalue weighted by atomic mass is 16.5. The number of nitrogens with one attached hydrogen (secondary N) is 1. The Bertz CT molecular complexity index is 1080. The van der Waals surface area contributed by atoms with Crippen LogP contribution in [0.25, 0.3) is 11.0 Å². The quantitative estimate of drug-likeness (QED) is 0.615. The number of hydrogen-bond donors (Lipinski definition) is 1. The molecule has 2 fully saturated rings. The molecule has 3 aromatic rings. The number of aromatic nitrogens is 5. The minimum Gasteiger partial charge on any atom is -0.470 e. The van der Waals surface area contributed by atoms with E-state index in [1.54, 1.807) is 6.20 Å². The lowest BCUT2D eigenvalue weighted by atomic mass is 9.87. The van der Waals surface area contributed by atoms with Crippen molar-refractivity contribution >= 4 is 29.0 Å². The minimum atomic E-state index is -0.158. The van der Waals surface area contributed by atoms with Gasteiger partial charge in [0.2, 0.25) is 11.8 Å². The molecule has 0 bridgehead atoms. The normalized spacial score (nSPS) is 22.6. The molecular weight excluding hydrogens is 380 g/mol. The van der Waals surface area contributed by atoms with Crippen molar-refractivity contribution in [3.8, 4) is 5.88 Å². The van der Waals surface area contributed by atoms with Crippen LogP contribution in [0, 0.1) is 12.8 Å². The SMILES string of the molecule is Cc1ccc2nc(Nc3cnn(C4CCC(C=O)CC4)c3)nc(OC3(C)CC3)c2n1. The molecule has 3 heterocycles. The third-order valence-corrected chi connectivity index (χ3v) is 6.11. The molecular formula is C22H26N6O2. The lowest BCUT2D eigenvalue weighted by Crippen LogP contribution is -2.19. The number of hydrogen-bond acceptors (Lipinski definition) is 7. The summed E-state index contributed by atoms with van der Waals surface area (Å²) in [5, 5.41) is 7.79. The van der Waals surface area contributed by atoms with Crippen molar-refractivity contribution in [2.24, 2.45) is 5.92 Å². The van der Waals surface area contributed by atoms with Gasteiger partial charge in [0.15, 0.2) is 5.52 Å². The number of nitrogens with zero attached hydrogens (tertiary/aromatic N) is 5. The van der Waals surface area contributed by atoms with E-state index >= 15 is 0 Å². The van der Waals surface area contributed by atoms with E-state index in [2.05, 4.69) is 32.3 Å². The summed E-state index contributed by atoms with van der Waals surface area (Å²) in [7, 11) is 0. The number of anilines is 2. The Morgan fingerprint density at radius 1 is 1.17 bits per heavy atom. The molecule has 0 atom stereocenters. The van der Waals surface area contributed by atoms with Crippen LogP contribution in [0.1, 0.15) is 57.2 Å². The lowest BCUT2D eigenvalue weighted by Gasteiger charge is -2.25. The Morgan fingerprint density at radius 3 is 2.70 bits per heavy atom. The average Bonchev–Trinajstić information content (AvgIpc) is 3.29. The maximum Gasteiger partial charge on any atom is 0.246 e. The largest absolute Gasteiger partial charge is 0.470 e. The van der Waals surface area contributed by atoms with Crippen molar-refractivity contribution in [3.05, 3.63) is 30.2 Å². The van der Waals surface area contributed by atoms with E-state index in [1.807, 2.05) is 29.9 Å². The molecule has 0 radical (unpaired) electrons. The van der Waals surface area contributed by atoms with Crippen LogP contribution in [-0.2, 0) is 4.79 Å². The number of ether oxygens (including phenoxy) is 1. The molecule has 3 aromatic heterocycles. The fourth-order valence-electron chi connectivity index (χ4n) is 3.96. The highest BCUT2D eigenvalue weighted by Crippen LogP contribution is 2.40. The third kappa shape index (κ3) is 3.86. The molecule has 30 heavy (non-hydrogen) atoms.